The van der Waals surface area contributed by atoms with Gasteiger partial charge in [0.1, 0.15) is 0 Å². The first-order valence-electron chi connectivity index (χ1n) is 8.15. The Morgan fingerprint density at radius 3 is 2.60 bits per heavy atom. The van der Waals surface area contributed by atoms with Crippen molar-refractivity contribution in [1.82, 2.24) is 0 Å². The zero-order valence-corrected chi connectivity index (χ0v) is 12.8. The molecule has 0 saturated heterocycles. The number of hydrogen-bond donors (Lipinski definition) is 1. The smallest absolute Gasteiger partial charge is 0.209 e. The number of nitrogens with zero attached hydrogens (tertiary/aromatic N) is 1. The van der Waals surface area contributed by atoms with Crippen LogP contribution in [0.2, 0.25) is 0 Å². The SMILES string of the molecule is CC1=C[NH2+]C(C2=CCC(C3CCC(C)CC3)C=C2)N=C1. The average molecular weight is 271 g/mol. The van der Waals surface area contributed by atoms with Crippen LogP contribution in [-0.4, -0.2) is 12.4 Å². The van der Waals surface area contributed by atoms with Crippen LogP contribution in [0.15, 0.2) is 40.6 Å². The third kappa shape index (κ3) is 3.12. The molecule has 1 heterocycles. The molecule has 3 aliphatic rings. The summed E-state index contributed by atoms with van der Waals surface area (Å²) in [5, 5.41) is 2.22. The molecule has 108 valence electrons. The minimum Gasteiger partial charge on any atom is -0.295 e. The van der Waals surface area contributed by atoms with E-state index in [1.165, 1.54) is 43.3 Å². The molecule has 3 rings (SSSR count). The third-order valence-electron chi connectivity index (χ3n) is 5.15. The van der Waals surface area contributed by atoms with Gasteiger partial charge in [0.05, 0.1) is 6.20 Å². The Hall–Kier alpha value is -1.15. The van der Waals surface area contributed by atoms with Gasteiger partial charge in [-0.05, 0) is 43.9 Å². The van der Waals surface area contributed by atoms with Gasteiger partial charge < -0.3 is 0 Å². The molecule has 0 spiro atoms. The van der Waals surface area contributed by atoms with Crippen LogP contribution in [-0.2, 0) is 0 Å². The van der Waals surface area contributed by atoms with Crippen molar-refractivity contribution in [3.05, 3.63) is 35.6 Å². The Morgan fingerprint density at radius 1 is 1.20 bits per heavy atom. The molecule has 0 aromatic heterocycles. The molecule has 2 heteroatoms. The number of hydrogen-bond acceptors (Lipinski definition) is 1. The van der Waals surface area contributed by atoms with E-state index in [0.29, 0.717) is 0 Å². The van der Waals surface area contributed by atoms with E-state index in [1.807, 2.05) is 6.21 Å². The lowest BCUT2D eigenvalue weighted by molar-refractivity contribution is -0.616. The maximum absolute atomic E-state index is 4.61. The highest BCUT2D eigenvalue weighted by molar-refractivity contribution is 5.77. The van der Waals surface area contributed by atoms with E-state index in [-0.39, 0.29) is 6.17 Å². The highest BCUT2D eigenvalue weighted by Gasteiger charge is 2.26. The lowest BCUT2D eigenvalue weighted by Gasteiger charge is -2.32. The Morgan fingerprint density at radius 2 is 2.00 bits per heavy atom. The van der Waals surface area contributed by atoms with Crippen LogP contribution >= 0.6 is 0 Å². The maximum atomic E-state index is 4.61. The van der Waals surface area contributed by atoms with Gasteiger partial charge in [-0.1, -0.05) is 38.0 Å². The van der Waals surface area contributed by atoms with Crippen LogP contribution in [0.5, 0.6) is 0 Å². The highest BCUT2D eigenvalue weighted by atomic mass is 15.1. The second-order valence-electron chi connectivity index (χ2n) is 6.81. The molecule has 2 aliphatic carbocycles. The van der Waals surface area contributed by atoms with Crippen molar-refractivity contribution in [1.29, 1.82) is 0 Å². The number of rotatable bonds is 2. The molecule has 0 aromatic rings. The molecule has 1 fully saturated rings. The fraction of sp³-hybridized carbons (Fsp3) is 0.611. The summed E-state index contributed by atoms with van der Waals surface area (Å²) in [7, 11) is 0. The summed E-state index contributed by atoms with van der Waals surface area (Å²) in [6.07, 6.45) is 18.6. The van der Waals surface area contributed by atoms with Gasteiger partial charge in [-0.15, -0.1) is 0 Å². The predicted octanol–water partition coefficient (Wildman–Crippen LogP) is 3.19. The largest absolute Gasteiger partial charge is 0.295 e. The van der Waals surface area contributed by atoms with Crippen molar-refractivity contribution in [3.63, 3.8) is 0 Å². The highest BCUT2D eigenvalue weighted by Crippen LogP contribution is 2.37. The zero-order valence-electron chi connectivity index (χ0n) is 12.8. The van der Waals surface area contributed by atoms with Gasteiger partial charge in [0.25, 0.3) is 0 Å². The van der Waals surface area contributed by atoms with E-state index in [4.69, 9.17) is 0 Å². The first kappa shape index (κ1) is 13.8. The van der Waals surface area contributed by atoms with Crippen LogP contribution in [0.1, 0.15) is 46.0 Å². The molecular formula is C18H27N2+. The Labute approximate surface area is 122 Å². The molecule has 2 atom stereocenters. The van der Waals surface area contributed by atoms with Crippen molar-refractivity contribution in [3.8, 4) is 0 Å². The monoisotopic (exact) mass is 271 g/mol. The lowest BCUT2D eigenvalue weighted by atomic mass is 9.74. The maximum Gasteiger partial charge on any atom is 0.209 e. The quantitative estimate of drug-likeness (QED) is 0.799. The molecule has 0 radical (unpaired) electrons. The number of nitrogens with two attached hydrogens (primary N) is 1. The van der Waals surface area contributed by atoms with Crippen molar-refractivity contribution in [2.24, 2.45) is 22.7 Å². The van der Waals surface area contributed by atoms with Crippen molar-refractivity contribution < 1.29 is 5.32 Å². The standard InChI is InChI=1S/C18H26N2/c1-13-3-5-15(6-4-13)16-7-9-17(10-8-16)18-19-11-14(2)12-20-18/h7,9-13,15-16,18-19H,3-6,8H2,1-2H3/p+1. The van der Waals surface area contributed by atoms with Crippen LogP contribution in [0.25, 0.3) is 0 Å². The summed E-state index contributed by atoms with van der Waals surface area (Å²) in [5.41, 5.74) is 2.63. The van der Waals surface area contributed by atoms with Crippen LogP contribution in [0.4, 0.5) is 0 Å². The summed E-state index contributed by atoms with van der Waals surface area (Å²) in [6.45, 7) is 4.50. The fourth-order valence-electron chi connectivity index (χ4n) is 3.67. The summed E-state index contributed by atoms with van der Waals surface area (Å²) in [6, 6.07) is 0. The lowest BCUT2D eigenvalue weighted by Crippen LogP contribution is -2.85. The third-order valence-corrected chi connectivity index (χ3v) is 5.15. The van der Waals surface area contributed by atoms with Crippen LogP contribution in [0, 0.1) is 17.8 Å². The second-order valence-corrected chi connectivity index (χ2v) is 6.81. The van der Waals surface area contributed by atoms with Crippen molar-refractivity contribution >= 4 is 6.21 Å². The van der Waals surface area contributed by atoms with E-state index in [9.17, 15) is 0 Å². The first-order valence-corrected chi connectivity index (χ1v) is 8.15. The van der Waals surface area contributed by atoms with E-state index in [2.05, 4.69) is 48.6 Å². The number of allylic oxidation sites excluding steroid dienone is 3. The summed E-state index contributed by atoms with van der Waals surface area (Å²) in [4.78, 5) is 4.61. The average Bonchev–Trinajstić information content (AvgIpc) is 2.49. The molecule has 2 unspecified atom stereocenters. The van der Waals surface area contributed by atoms with Gasteiger partial charge in [-0.25, -0.2) is 4.99 Å². The Bertz CT molecular complexity index is 462. The van der Waals surface area contributed by atoms with E-state index >= 15 is 0 Å². The van der Waals surface area contributed by atoms with E-state index < -0.39 is 0 Å². The topological polar surface area (TPSA) is 29.0 Å². The van der Waals surface area contributed by atoms with Gasteiger partial charge in [0, 0.05) is 17.4 Å². The number of quaternary nitrogens is 1. The summed E-state index contributed by atoms with van der Waals surface area (Å²) >= 11 is 0. The van der Waals surface area contributed by atoms with Gasteiger partial charge >= 0.3 is 0 Å². The molecule has 0 amide bonds. The van der Waals surface area contributed by atoms with Crippen LogP contribution < -0.4 is 5.32 Å². The van der Waals surface area contributed by atoms with Gasteiger partial charge in [-0.3, -0.25) is 5.32 Å². The molecule has 1 aliphatic heterocycles. The van der Waals surface area contributed by atoms with Crippen LogP contribution in [0.3, 0.4) is 0 Å². The zero-order chi connectivity index (χ0) is 13.9. The molecule has 2 N–H and O–H groups in total. The molecule has 2 nitrogen and oxygen atoms in total. The second kappa shape index (κ2) is 6.09. The first-order chi connectivity index (χ1) is 9.72. The predicted molar refractivity (Wildman–Crippen MR) is 84.4 cm³/mol. The molecular weight excluding hydrogens is 244 g/mol. The summed E-state index contributed by atoms with van der Waals surface area (Å²) < 4.78 is 0. The van der Waals surface area contributed by atoms with E-state index in [0.717, 1.165) is 17.8 Å². The molecule has 20 heavy (non-hydrogen) atoms. The van der Waals surface area contributed by atoms with Gasteiger partial charge in [-0.2, -0.15) is 0 Å². The van der Waals surface area contributed by atoms with E-state index in [1.54, 1.807) is 0 Å². The molecule has 0 aromatic carbocycles. The van der Waals surface area contributed by atoms with Gasteiger partial charge in [0.2, 0.25) is 6.17 Å². The minimum atomic E-state index is 0.252. The Kier molecular flexibility index (Phi) is 4.21. The Balaban J connectivity index is 1.56. The fourth-order valence-corrected chi connectivity index (χ4v) is 3.67. The normalized spacial score (nSPS) is 37.5. The van der Waals surface area contributed by atoms with Crippen molar-refractivity contribution in [2.75, 3.05) is 0 Å². The number of aliphatic imine (C=N–C) groups is 1. The molecule has 1 saturated carbocycles. The summed E-state index contributed by atoms with van der Waals surface area (Å²) in [5.74, 6) is 2.64. The molecule has 0 bridgehead atoms. The minimum absolute atomic E-state index is 0.252. The van der Waals surface area contributed by atoms with Crippen molar-refractivity contribution in [2.45, 2.75) is 52.1 Å². The van der Waals surface area contributed by atoms with Gasteiger partial charge in [0.15, 0.2) is 0 Å².